The summed E-state index contributed by atoms with van der Waals surface area (Å²) >= 11 is 0. The molecular weight excluding hydrogens is 402 g/mol. The summed E-state index contributed by atoms with van der Waals surface area (Å²) in [6, 6.07) is 16.3. The van der Waals surface area contributed by atoms with Crippen LogP contribution in [0.2, 0.25) is 0 Å². The maximum absolute atomic E-state index is 13.3. The molecule has 0 aliphatic heterocycles. The third-order valence-electron chi connectivity index (χ3n) is 6.11. The van der Waals surface area contributed by atoms with Crippen molar-refractivity contribution in [3.8, 4) is 5.75 Å². The van der Waals surface area contributed by atoms with Gasteiger partial charge in [-0.2, -0.15) is 0 Å². The zero-order valence-corrected chi connectivity index (χ0v) is 18.3. The summed E-state index contributed by atoms with van der Waals surface area (Å²) in [5, 5.41) is 7.05. The molecule has 0 unspecified atom stereocenters. The third kappa shape index (κ3) is 5.90. The molecule has 6 nitrogen and oxygen atoms in total. The minimum atomic E-state index is -0.726. The summed E-state index contributed by atoms with van der Waals surface area (Å²) < 4.78 is 5.39. The number of ether oxygens (including phenoxy) is 1. The van der Waals surface area contributed by atoms with Crippen LogP contribution >= 0.6 is 0 Å². The molecule has 1 atom stereocenters. The van der Waals surface area contributed by atoms with Crippen LogP contribution in [0.3, 0.4) is 0 Å². The number of carbonyl (C=O) groups excluding carboxylic acids is 2. The molecule has 0 radical (unpaired) electrons. The van der Waals surface area contributed by atoms with Gasteiger partial charge >= 0.3 is 6.09 Å². The number of nitrogens with one attached hydrogen (secondary N) is 3. The molecule has 1 aliphatic carbocycles. The van der Waals surface area contributed by atoms with Crippen LogP contribution in [0.25, 0.3) is 10.9 Å². The van der Waals surface area contributed by atoms with Crippen molar-refractivity contribution in [2.24, 2.45) is 0 Å². The molecule has 4 rings (SSSR count). The number of aromatic amines is 1. The SMILES string of the molecule is O=C(N[C@@H](Cc1c[nH]c2ccccc12)C(=O)NC1CCCCCCC1)Oc1ccccc1. The molecule has 1 aliphatic rings. The van der Waals surface area contributed by atoms with Crippen molar-refractivity contribution in [3.05, 3.63) is 66.4 Å². The second kappa shape index (κ2) is 10.8. The Labute approximate surface area is 188 Å². The summed E-state index contributed by atoms with van der Waals surface area (Å²) in [6.45, 7) is 0. The Bertz CT molecular complexity index is 1020. The van der Waals surface area contributed by atoms with E-state index in [1.807, 2.05) is 36.5 Å². The van der Waals surface area contributed by atoms with E-state index in [-0.39, 0.29) is 11.9 Å². The van der Waals surface area contributed by atoms with Crippen LogP contribution in [-0.4, -0.2) is 29.1 Å². The van der Waals surface area contributed by atoms with E-state index < -0.39 is 12.1 Å². The fraction of sp³-hybridized carbons (Fsp3) is 0.385. The van der Waals surface area contributed by atoms with Crippen molar-refractivity contribution in [2.75, 3.05) is 0 Å². The Morgan fingerprint density at radius 1 is 0.938 bits per heavy atom. The van der Waals surface area contributed by atoms with Crippen molar-refractivity contribution in [3.63, 3.8) is 0 Å². The van der Waals surface area contributed by atoms with Gasteiger partial charge in [-0.05, 0) is 36.6 Å². The van der Waals surface area contributed by atoms with E-state index >= 15 is 0 Å². The van der Waals surface area contributed by atoms with E-state index in [0.29, 0.717) is 12.2 Å². The second-order valence-corrected chi connectivity index (χ2v) is 8.51. The first-order valence-electron chi connectivity index (χ1n) is 11.6. The molecular formula is C26H31N3O3. The molecule has 0 bridgehead atoms. The monoisotopic (exact) mass is 433 g/mol. The van der Waals surface area contributed by atoms with Crippen LogP contribution < -0.4 is 15.4 Å². The average Bonchev–Trinajstić information content (AvgIpc) is 3.18. The number of carbonyl (C=O) groups is 2. The topological polar surface area (TPSA) is 83.2 Å². The Kier molecular flexibility index (Phi) is 7.43. The molecule has 1 saturated carbocycles. The largest absolute Gasteiger partial charge is 0.413 e. The van der Waals surface area contributed by atoms with Gasteiger partial charge in [0.2, 0.25) is 5.91 Å². The number of benzene rings is 2. The van der Waals surface area contributed by atoms with Crippen LogP contribution in [0.15, 0.2) is 60.8 Å². The zero-order valence-electron chi connectivity index (χ0n) is 18.3. The van der Waals surface area contributed by atoms with E-state index in [0.717, 1.165) is 42.1 Å². The lowest BCUT2D eigenvalue weighted by molar-refractivity contribution is -0.123. The van der Waals surface area contributed by atoms with E-state index in [9.17, 15) is 9.59 Å². The molecule has 2 amide bonds. The molecule has 0 saturated heterocycles. The van der Waals surface area contributed by atoms with Crippen molar-refractivity contribution >= 4 is 22.9 Å². The first-order valence-corrected chi connectivity index (χ1v) is 11.6. The number of hydrogen-bond acceptors (Lipinski definition) is 3. The summed E-state index contributed by atoms with van der Waals surface area (Å²) in [7, 11) is 0. The molecule has 1 fully saturated rings. The summed E-state index contributed by atoms with van der Waals surface area (Å²) in [6.07, 6.45) is 9.59. The second-order valence-electron chi connectivity index (χ2n) is 8.51. The van der Waals surface area contributed by atoms with Gasteiger partial charge in [-0.3, -0.25) is 4.79 Å². The Balaban J connectivity index is 1.48. The molecule has 1 aromatic heterocycles. The molecule has 6 heteroatoms. The van der Waals surface area contributed by atoms with Gasteiger partial charge in [0.05, 0.1) is 0 Å². The number of rotatable bonds is 6. The Hall–Kier alpha value is -3.28. The lowest BCUT2D eigenvalue weighted by Gasteiger charge is -2.24. The number of hydrogen-bond donors (Lipinski definition) is 3. The molecule has 3 aromatic rings. The third-order valence-corrected chi connectivity index (χ3v) is 6.11. The highest BCUT2D eigenvalue weighted by Crippen LogP contribution is 2.21. The average molecular weight is 434 g/mol. The summed E-state index contributed by atoms with van der Waals surface area (Å²) in [5.41, 5.74) is 1.99. The standard InChI is InChI=1S/C26H31N3O3/c30-25(28-20-11-5-2-1-3-6-12-20)24(29-26(31)32-21-13-7-4-8-14-21)17-19-18-27-23-16-10-9-15-22(19)23/h4,7-10,13-16,18,20,24,27H,1-3,5-6,11-12,17H2,(H,28,30)(H,29,31)/t24-/m0/s1. The lowest BCUT2D eigenvalue weighted by Crippen LogP contribution is -2.51. The van der Waals surface area contributed by atoms with Gasteiger partial charge in [0.25, 0.3) is 0 Å². The lowest BCUT2D eigenvalue weighted by atomic mass is 9.96. The first kappa shape index (κ1) is 21.9. The van der Waals surface area contributed by atoms with Crippen molar-refractivity contribution < 1.29 is 14.3 Å². The van der Waals surface area contributed by atoms with Gasteiger partial charge in [0.1, 0.15) is 11.8 Å². The molecule has 0 spiro atoms. The summed E-state index contributed by atoms with van der Waals surface area (Å²) in [4.78, 5) is 29.1. The Morgan fingerprint density at radius 2 is 1.62 bits per heavy atom. The molecule has 32 heavy (non-hydrogen) atoms. The Morgan fingerprint density at radius 3 is 2.41 bits per heavy atom. The zero-order chi connectivity index (χ0) is 22.2. The fourth-order valence-corrected chi connectivity index (χ4v) is 4.40. The van der Waals surface area contributed by atoms with Gasteiger partial charge in [0, 0.05) is 29.6 Å². The number of amides is 2. The maximum Gasteiger partial charge on any atom is 0.413 e. The normalized spacial score (nSPS) is 16.0. The molecule has 2 aromatic carbocycles. The van der Waals surface area contributed by atoms with Gasteiger partial charge in [-0.1, -0.05) is 68.5 Å². The number of aromatic nitrogens is 1. The molecule has 3 N–H and O–H groups in total. The summed E-state index contributed by atoms with van der Waals surface area (Å²) in [5.74, 6) is 0.280. The van der Waals surface area contributed by atoms with Crippen LogP contribution in [-0.2, 0) is 11.2 Å². The van der Waals surface area contributed by atoms with Crippen molar-refractivity contribution in [1.82, 2.24) is 15.6 Å². The quantitative estimate of drug-likeness (QED) is 0.506. The minimum absolute atomic E-state index is 0.153. The number of fused-ring (bicyclic) bond motifs is 1. The molecule has 168 valence electrons. The van der Waals surface area contributed by atoms with Crippen LogP contribution in [0.4, 0.5) is 4.79 Å². The van der Waals surface area contributed by atoms with Gasteiger partial charge in [0.15, 0.2) is 0 Å². The van der Waals surface area contributed by atoms with Crippen LogP contribution in [0.5, 0.6) is 5.75 Å². The highest BCUT2D eigenvalue weighted by Gasteiger charge is 2.26. The highest BCUT2D eigenvalue weighted by atomic mass is 16.6. The highest BCUT2D eigenvalue weighted by molar-refractivity contribution is 5.88. The van der Waals surface area contributed by atoms with E-state index in [1.54, 1.807) is 24.3 Å². The van der Waals surface area contributed by atoms with E-state index in [2.05, 4.69) is 15.6 Å². The predicted octanol–water partition coefficient (Wildman–Crippen LogP) is 5.10. The van der Waals surface area contributed by atoms with Crippen LogP contribution in [0, 0.1) is 0 Å². The maximum atomic E-state index is 13.3. The van der Waals surface area contributed by atoms with Crippen LogP contribution in [0.1, 0.15) is 50.5 Å². The number of para-hydroxylation sites is 2. The van der Waals surface area contributed by atoms with Gasteiger partial charge < -0.3 is 20.4 Å². The van der Waals surface area contributed by atoms with E-state index in [1.165, 1.54) is 19.3 Å². The molecule has 1 heterocycles. The first-order chi connectivity index (χ1) is 15.7. The van der Waals surface area contributed by atoms with E-state index in [4.69, 9.17) is 4.74 Å². The minimum Gasteiger partial charge on any atom is -0.410 e. The van der Waals surface area contributed by atoms with Crippen molar-refractivity contribution in [2.45, 2.75) is 63.5 Å². The predicted molar refractivity (Wildman–Crippen MR) is 126 cm³/mol. The van der Waals surface area contributed by atoms with Crippen molar-refractivity contribution in [1.29, 1.82) is 0 Å². The van der Waals surface area contributed by atoms with Gasteiger partial charge in [-0.25, -0.2) is 4.79 Å². The van der Waals surface area contributed by atoms with Gasteiger partial charge in [-0.15, -0.1) is 0 Å². The number of H-pyrrole nitrogens is 1. The smallest absolute Gasteiger partial charge is 0.410 e. The fourth-order valence-electron chi connectivity index (χ4n) is 4.40.